The summed E-state index contributed by atoms with van der Waals surface area (Å²) in [6, 6.07) is 3.02. The first-order valence-electron chi connectivity index (χ1n) is 5.60. The van der Waals surface area contributed by atoms with Gasteiger partial charge < -0.3 is 10.6 Å². The quantitative estimate of drug-likeness (QED) is 0.629. The van der Waals surface area contributed by atoms with Gasteiger partial charge in [-0.2, -0.15) is 11.8 Å². The van der Waals surface area contributed by atoms with Crippen molar-refractivity contribution in [3.05, 3.63) is 22.2 Å². The Balaban J connectivity index is 2.99. The second-order valence-electron chi connectivity index (χ2n) is 4.08. The highest BCUT2D eigenvalue weighted by Gasteiger charge is 2.22. The second kappa shape index (κ2) is 6.44. The molecule has 0 aromatic carbocycles. The van der Waals surface area contributed by atoms with Crippen LogP contribution in [0.5, 0.6) is 0 Å². The van der Waals surface area contributed by atoms with Gasteiger partial charge in [-0.05, 0) is 31.4 Å². The molecule has 1 rings (SSSR count). The first-order chi connectivity index (χ1) is 8.47. The Morgan fingerprint density at radius 3 is 2.83 bits per heavy atom. The molecule has 6 nitrogen and oxygen atoms in total. The molecular formula is C11H18N4O2S. The Kier molecular flexibility index (Phi) is 5.21. The SMILES string of the molecule is CSCCC(C)N(C)c1nc(N)ccc1[N+](=O)[O-]. The number of nitrogens with zero attached hydrogens (tertiary/aromatic N) is 3. The standard InChI is InChI=1S/C11H18N4O2S/c1-8(6-7-18-3)14(2)11-9(15(16)17)4-5-10(12)13-11/h4-5,8H,6-7H2,1-3H3,(H2,12,13). The van der Waals surface area contributed by atoms with Crippen LogP contribution in [-0.2, 0) is 0 Å². The van der Waals surface area contributed by atoms with Crippen LogP contribution in [0.25, 0.3) is 0 Å². The lowest BCUT2D eigenvalue weighted by Crippen LogP contribution is -2.30. The lowest BCUT2D eigenvalue weighted by Gasteiger charge is -2.25. The average Bonchev–Trinajstić information content (AvgIpc) is 2.34. The largest absolute Gasteiger partial charge is 0.384 e. The summed E-state index contributed by atoms with van der Waals surface area (Å²) < 4.78 is 0. The van der Waals surface area contributed by atoms with E-state index in [0.29, 0.717) is 11.6 Å². The van der Waals surface area contributed by atoms with Crippen molar-refractivity contribution < 1.29 is 4.92 Å². The van der Waals surface area contributed by atoms with E-state index >= 15 is 0 Å². The van der Waals surface area contributed by atoms with Gasteiger partial charge in [0.15, 0.2) is 0 Å². The minimum atomic E-state index is -0.431. The normalized spacial score (nSPS) is 12.2. The highest BCUT2D eigenvalue weighted by Crippen LogP contribution is 2.28. The Labute approximate surface area is 111 Å². The highest BCUT2D eigenvalue weighted by atomic mass is 32.2. The van der Waals surface area contributed by atoms with Crippen LogP contribution >= 0.6 is 11.8 Å². The van der Waals surface area contributed by atoms with Crippen molar-refractivity contribution in [2.75, 3.05) is 29.7 Å². The molecule has 0 aliphatic heterocycles. The zero-order chi connectivity index (χ0) is 13.7. The van der Waals surface area contributed by atoms with Crippen LogP contribution in [-0.4, -0.2) is 35.0 Å². The zero-order valence-corrected chi connectivity index (χ0v) is 11.6. The maximum atomic E-state index is 11.0. The summed E-state index contributed by atoms with van der Waals surface area (Å²) in [7, 11) is 1.81. The lowest BCUT2D eigenvalue weighted by atomic mass is 10.2. The lowest BCUT2D eigenvalue weighted by molar-refractivity contribution is -0.384. The van der Waals surface area contributed by atoms with Gasteiger partial charge in [0.05, 0.1) is 4.92 Å². The molecule has 1 aromatic heterocycles. The molecule has 0 spiro atoms. The molecule has 2 N–H and O–H groups in total. The first-order valence-corrected chi connectivity index (χ1v) is 6.99. The van der Waals surface area contributed by atoms with Crippen molar-refractivity contribution >= 4 is 29.1 Å². The molecule has 18 heavy (non-hydrogen) atoms. The van der Waals surface area contributed by atoms with Crippen molar-refractivity contribution in [2.45, 2.75) is 19.4 Å². The third-order valence-electron chi connectivity index (χ3n) is 2.81. The van der Waals surface area contributed by atoms with Crippen LogP contribution in [0.3, 0.4) is 0 Å². The number of nitrogen functional groups attached to an aromatic ring is 1. The molecule has 1 unspecified atom stereocenters. The molecule has 0 radical (unpaired) electrons. The molecule has 0 aliphatic rings. The fourth-order valence-electron chi connectivity index (χ4n) is 1.55. The number of nitro groups is 1. The molecule has 0 amide bonds. The molecule has 1 heterocycles. The van der Waals surface area contributed by atoms with Crippen molar-refractivity contribution in [1.29, 1.82) is 0 Å². The van der Waals surface area contributed by atoms with Crippen LogP contribution in [0.15, 0.2) is 12.1 Å². The zero-order valence-electron chi connectivity index (χ0n) is 10.8. The molecule has 1 aromatic rings. The summed E-state index contributed by atoms with van der Waals surface area (Å²) in [5.74, 6) is 1.62. The smallest absolute Gasteiger partial charge is 0.311 e. The van der Waals surface area contributed by atoms with E-state index in [-0.39, 0.29) is 11.7 Å². The van der Waals surface area contributed by atoms with Gasteiger partial charge in [0, 0.05) is 19.2 Å². The molecule has 7 heteroatoms. The fourth-order valence-corrected chi connectivity index (χ4v) is 2.13. The Morgan fingerprint density at radius 1 is 1.61 bits per heavy atom. The van der Waals surface area contributed by atoms with Crippen molar-refractivity contribution in [3.8, 4) is 0 Å². The van der Waals surface area contributed by atoms with E-state index in [9.17, 15) is 10.1 Å². The van der Waals surface area contributed by atoms with Crippen molar-refractivity contribution in [3.63, 3.8) is 0 Å². The predicted molar refractivity (Wildman–Crippen MR) is 76.2 cm³/mol. The topological polar surface area (TPSA) is 85.3 Å². The van der Waals surface area contributed by atoms with Gasteiger partial charge in [-0.1, -0.05) is 0 Å². The Hall–Kier alpha value is -1.50. The van der Waals surface area contributed by atoms with Gasteiger partial charge in [0.25, 0.3) is 0 Å². The summed E-state index contributed by atoms with van der Waals surface area (Å²) in [6.07, 6.45) is 2.97. The molecule has 0 aliphatic carbocycles. The number of nitrogens with two attached hydrogens (primary N) is 1. The number of aromatic nitrogens is 1. The van der Waals surface area contributed by atoms with Gasteiger partial charge in [0.1, 0.15) is 5.82 Å². The van der Waals surface area contributed by atoms with Gasteiger partial charge in [-0.15, -0.1) is 0 Å². The second-order valence-corrected chi connectivity index (χ2v) is 5.06. The summed E-state index contributed by atoms with van der Waals surface area (Å²) in [5.41, 5.74) is 5.59. The molecule has 0 bridgehead atoms. The number of hydrogen-bond acceptors (Lipinski definition) is 6. The molecule has 1 atom stereocenters. The van der Waals surface area contributed by atoms with Crippen LogP contribution < -0.4 is 10.6 Å². The maximum Gasteiger partial charge on any atom is 0.311 e. The molecule has 0 saturated carbocycles. The summed E-state index contributed by atoms with van der Waals surface area (Å²) >= 11 is 1.75. The summed E-state index contributed by atoms with van der Waals surface area (Å²) in [5, 5.41) is 11.0. The van der Waals surface area contributed by atoms with Gasteiger partial charge >= 0.3 is 5.69 Å². The fraction of sp³-hybridized carbons (Fsp3) is 0.545. The third-order valence-corrected chi connectivity index (χ3v) is 3.45. The minimum Gasteiger partial charge on any atom is -0.384 e. The van der Waals surface area contributed by atoms with Gasteiger partial charge in [-0.25, -0.2) is 4.98 Å². The van der Waals surface area contributed by atoms with Crippen molar-refractivity contribution in [1.82, 2.24) is 4.98 Å². The third kappa shape index (κ3) is 3.49. The minimum absolute atomic E-state index is 0.0114. The average molecular weight is 270 g/mol. The molecule has 0 saturated heterocycles. The molecule has 0 fully saturated rings. The van der Waals surface area contributed by atoms with E-state index in [2.05, 4.69) is 4.98 Å². The number of thioether (sulfide) groups is 1. The van der Waals surface area contributed by atoms with Gasteiger partial charge in [0.2, 0.25) is 5.82 Å². The van der Waals surface area contributed by atoms with E-state index in [1.807, 2.05) is 18.1 Å². The van der Waals surface area contributed by atoms with E-state index in [1.54, 1.807) is 18.8 Å². The van der Waals surface area contributed by atoms with Gasteiger partial charge in [-0.3, -0.25) is 10.1 Å². The molecule has 100 valence electrons. The first kappa shape index (κ1) is 14.6. The van der Waals surface area contributed by atoms with E-state index in [1.165, 1.54) is 12.1 Å². The number of hydrogen-bond donors (Lipinski definition) is 1. The number of anilines is 2. The monoisotopic (exact) mass is 270 g/mol. The molecular weight excluding hydrogens is 252 g/mol. The summed E-state index contributed by atoms with van der Waals surface area (Å²) in [4.78, 5) is 16.4. The Morgan fingerprint density at radius 2 is 2.28 bits per heavy atom. The van der Waals surface area contributed by atoms with Crippen LogP contribution in [0, 0.1) is 10.1 Å². The van der Waals surface area contributed by atoms with Crippen molar-refractivity contribution in [2.24, 2.45) is 0 Å². The van der Waals surface area contributed by atoms with E-state index in [4.69, 9.17) is 5.73 Å². The van der Waals surface area contributed by atoms with E-state index in [0.717, 1.165) is 12.2 Å². The van der Waals surface area contributed by atoms with E-state index < -0.39 is 4.92 Å². The highest BCUT2D eigenvalue weighted by molar-refractivity contribution is 7.98. The number of pyridine rings is 1. The Bertz CT molecular complexity index is 428. The maximum absolute atomic E-state index is 11.0. The predicted octanol–water partition coefficient (Wildman–Crippen LogP) is 2.15. The summed E-state index contributed by atoms with van der Waals surface area (Å²) in [6.45, 7) is 2.02. The van der Waals surface area contributed by atoms with Crippen LogP contribution in [0.1, 0.15) is 13.3 Å². The van der Waals surface area contributed by atoms with Crippen LogP contribution in [0.4, 0.5) is 17.3 Å². The van der Waals surface area contributed by atoms with Crippen LogP contribution in [0.2, 0.25) is 0 Å². The number of rotatable bonds is 6.